The van der Waals surface area contributed by atoms with Crippen LogP contribution in [0.25, 0.3) is 0 Å². The summed E-state index contributed by atoms with van der Waals surface area (Å²) in [5.41, 5.74) is 3.45. The summed E-state index contributed by atoms with van der Waals surface area (Å²) >= 11 is 0. The van der Waals surface area contributed by atoms with Gasteiger partial charge in [0.05, 0.1) is 19.3 Å². The predicted molar refractivity (Wildman–Crippen MR) is 111 cm³/mol. The van der Waals surface area contributed by atoms with Crippen molar-refractivity contribution in [2.45, 2.75) is 26.2 Å². The van der Waals surface area contributed by atoms with Crippen molar-refractivity contribution >= 4 is 29.1 Å². The van der Waals surface area contributed by atoms with Crippen LogP contribution in [0.15, 0.2) is 42.5 Å². The molecule has 3 amide bonds. The second-order valence-corrected chi connectivity index (χ2v) is 7.11. The molecule has 0 aromatic heterocycles. The lowest BCUT2D eigenvalue weighted by Crippen LogP contribution is -2.34. The van der Waals surface area contributed by atoms with Crippen molar-refractivity contribution in [1.82, 2.24) is 5.32 Å². The van der Waals surface area contributed by atoms with Gasteiger partial charge in [-0.25, -0.2) is 0 Å². The zero-order valence-corrected chi connectivity index (χ0v) is 16.6. The number of ether oxygens (including phenoxy) is 1. The van der Waals surface area contributed by atoms with Crippen LogP contribution < -0.4 is 20.7 Å². The second kappa shape index (κ2) is 9.23. The average Bonchev–Trinajstić information content (AvgIpc) is 2.71. The quantitative estimate of drug-likeness (QED) is 0.671. The van der Waals surface area contributed by atoms with Gasteiger partial charge in [-0.3, -0.25) is 14.4 Å². The number of carbonyl (C=O) groups excluding carboxylic acids is 3. The molecular formula is C22H25N3O4. The van der Waals surface area contributed by atoms with E-state index in [1.807, 2.05) is 37.3 Å². The molecule has 3 N–H and O–H groups in total. The summed E-state index contributed by atoms with van der Waals surface area (Å²) in [6, 6.07) is 13.1. The highest BCUT2D eigenvalue weighted by molar-refractivity contribution is 5.97. The van der Waals surface area contributed by atoms with Gasteiger partial charge in [-0.15, -0.1) is 0 Å². The van der Waals surface area contributed by atoms with Crippen molar-refractivity contribution in [3.63, 3.8) is 0 Å². The summed E-state index contributed by atoms with van der Waals surface area (Å²) < 4.78 is 5.23. The summed E-state index contributed by atoms with van der Waals surface area (Å²) in [5, 5.41) is 8.22. The maximum absolute atomic E-state index is 12.2. The summed E-state index contributed by atoms with van der Waals surface area (Å²) in [6.07, 6.45) is 1.23. The lowest BCUT2D eigenvalue weighted by Gasteiger charge is -2.24. The lowest BCUT2D eigenvalue weighted by molar-refractivity contribution is -0.125. The molecule has 0 saturated carbocycles. The number of benzene rings is 2. The second-order valence-electron chi connectivity index (χ2n) is 7.11. The maximum Gasteiger partial charge on any atom is 0.243 e. The van der Waals surface area contributed by atoms with Crippen molar-refractivity contribution in [3.05, 3.63) is 53.6 Å². The van der Waals surface area contributed by atoms with E-state index in [9.17, 15) is 14.4 Å². The van der Waals surface area contributed by atoms with E-state index < -0.39 is 0 Å². The first kappa shape index (κ1) is 20.4. The highest BCUT2D eigenvalue weighted by Crippen LogP contribution is 2.27. The number of carbonyl (C=O) groups is 3. The van der Waals surface area contributed by atoms with Crippen LogP contribution >= 0.6 is 0 Å². The number of aryl methyl sites for hydroxylation is 1. The fourth-order valence-electron chi connectivity index (χ4n) is 3.33. The number of hydrogen-bond acceptors (Lipinski definition) is 4. The van der Waals surface area contributed by atoms with E-state index >= 15 is 0 Å². The van der Waals surface area contributed by atoms with Gasteiger partial charge >= 0.3 is 0 Å². The van der Waals surface area contributed by atoms with Gasteiger partial charge in [0.1, 0.15) is 5.75 Å². The number of hydrogen-bond donors (Lipinski definition) is 3. The molecule has 0 radical (unpaired) electrons. The van der Waals surface area contributed by atoms with Crippen molar-refractivity contribution in [3.8, 4) is 5.75 Å². The number of anilines is 2. The van der Waals surface area contributed by atoms with Gasteiger partial charge in [0.2, 0.25) is 17.7 Å². The van der Waals surface area contributed by atoms with Gasteiger partial charge in [0.25, 0.3) is 0 Å². The third-order valence-electron chi connectivity index (χ3n) is 4.91. The average molecular weight is 395 g/mol. The first-order valence-corrected chi connectivity index (χ1v) is 9.56. The fraction of sp³-hybridized carbons (Fsp3) is 0.318. The fourth-order valence-corrected chi connectivity index (χ4v) is 3.33. The van der Waals surface area contributed by atoms with E-state index in [0.717, 1.165) is 16.8 Å². The molecule has 3 rings (SSSR count). The smallest absolute Gasteiger partial charge is 0.243 e. The van der Waals surface area contributed by atoms with Crippen molar-refractivity contribution in [2.24, 2.45) is 5.92 Å². The Morgan fingerprint density at radius 2 is 1.97 bits per heavy atom. The highest BCUT2D eigenvalue weighted by Gasteiger charge is 2.26. The van der Waals surface area contributed by atoms with Crippen LogP contribution in [0.2, 0.25) is 0 Å². The van der Waals surface area contributed by atoms with E-state index in [1.54, 1.807) is 12.1 Å². The molecule has 1 atom stereocenters. The van der Waals surface area contributed by atoms with Crippen LogP contribution in [0.3, 0.4) is 0 Å². The number of fused-ring (bicyclic) bond motifs is 1. The minimum atomic E-state index is -0.341. The Morgan fingerprint density at radius 3 is 2.76 bits per heavy atom. The first-order chi connectivity index (χ1) is 14.0. The van der Waals surface area contributed by atoms with Crippen LogP contribution in [0, 0.1) is 12.8 Å². The molecule has 0 aliphatic carbocycles. The van der Waals surface area contributed by atoms with Crippen LogP contribution in [0.1, 0.15) is 24.0 Å². The SMILES string of the molecule is COc1ccc(C)cc1NC(=O)CNC(=O)CCC1Cc2ccccc2NC1=O. The lowest BCUT2D eigenvalue weighted by atomic mass is 9.89. The van der Waals surface area contributed by atoms with Crippen molar-refractivity contribution in [1.29, 1.82) is 0 Å². The molecule has 1 aliphatic rings. The Balaban J connectivity index is 1.45. The van der Waals surface area contributed by atoms with Crippen LogP contribution in [0.4, 0.5) is 11.4 Å². The largest absolute Gasteiger partial charge is 0.495 e. The van der Waals surface area contributed by atoms with Crippen LogP contribution in [-0.4, -0.2) is 31.4 Å². The molecular weight excluding hydrogens is 370 g/mol. The Kier molecular flexibility index (Phi) is 6.49. The molecule has 0 fully saturated rings. The Morgan fingerprint density at radius 1 is 1.17 bits per heavy atom. The van der Waals surface area contributed by atoms with Gasteiger partial charge in [0.15, 0.2) is 0 Å². The molecule has 7 heteroatoms. The zero-order valence-electron chi connectivity index (χ0n) is 16.6. The molecule has 0 spiro atoms. The van der Waals surface area contributed by atoms with E-state index in [0.29, 0.717) is 24.3 Å². The molecule has 7 nitrogen and oxygen atoms in total. The molecule has 2 aromatic rings. The van der Waals surface area contributed by atoms with E-state index in [2.05, 4.69) is 16.0 Å². The highest BCUT2D eigenvalue weighted by atomic mass is 16.5. The summed E-state index contributed by atoms with van der Waals surface area (Å²) in [5.74, 6) is -0.365. The number of methoxy groups -OCH3 is 1. The van der Waals surface area contributed by atoms with Crippen LogP contribution in [0.5, 0.6) is 5.75 Å². The topological polar surface area (TPSA) is 96.5 Å². The zero-order chi connectivity index (χ0) is 20.8. The van der Waals surface area contributed by atoms with Gasteiger partial charge < -0.3 is 20.7 Å². The Hall–Kier alpha value is -3.35. The number of nitrogens with one attached hydrogen (secondary N) is 3. The number of amides is 3. The number of rotatable bonds is 7. The molecule has 1 heterocycles. The monoisotopic (exact) mass is 395 g/mol. The number of para-hydroxylation sites is 1. The molecule has 0 saturated heterocycles. The van der Waals surface area contributed by atoms with Crippen LogP contribution in [-0.2, 0) is 20.8 Å². The minimum Gasteiger partial charge on any atom is -0.495 e. The summed E-state index contributed by atoms with van der Waals surface area (Å²) in [4.78, 5) is 36.5. The van der Waals surface area contributed by atoms with Gasteiger partial charge in [-0.1, -0.05) is 24.3 Å². The van der Waals surface area contributed by atoms with Gasteiger partial charge in [-0.2, -0.15) is 0 Å². The Labute approximate surface area is 169 Å². The third kappa shape index (κ3) is 5.34. The van der Waals surface area contributed by atoms with Gasteiger partial charge in [-0.05, 0) is 49.1 Å². The van der Waals surface area contributed by atoms with E-state index in [1.165, 1.54) is 7.11 Å². The molecule has 29 heavy (non-hydrogen) atoms. The molecule has 152 valence electrons. The first-order valence-electron chi connectivity index (χ1n) is 9.56. The third-order valence-corrected chi connectivity index (χ3v) is 4.91. The normalized spacial score (nSPS) is 15.1. The van der Waals surface area contributed by atoms with E-state index in [4.69, 9.17) is 4.74 Å². The van der Waals surface area contributed by atoms with Gasteiger partial charge in [0, 0.05) is 18.0 Å². The summed E-state index contributed by atoms with van der Waals surface area (Å²) in [7, 11) is 1.53. The standard InChI is InChI=1S/C22H25N3O4/c1-14-7-9-19(29-2)18(11-14)24-21(27)13-23-20(26)10-8-16-12-15-5-3-4-6-17(15)25-22(16)28/h3-7,9,11,16H,8,10,12-13H2,1-2H3,(H,23,26)(H,24,27)(H,25,28). The minimum absolute atomic E-state index is 0.0687. The van der Waals surface area contributed by atoms with Crippen molar-refractivity contribution in [2.75, 3.05) is 24.3 Å². The predicted octanol–water partition coefficient (Wildman–Crippen LogP) is 2.65. The van der Waals surface area contributed by atoms with E-state index in [-0.39, 0.29) is 36.6 Å². The summed E-state index contributed by atoms with van der Waals surface area (Å²) in [6.45, 7) is 1.77. The Bertz CT molecular complexity index is 926. The molecule has 1 unspecified atom stereocenters. The molecule has 2 aromatic carbocycles. The molecule has 0 bridgehead atoms. The van der Waals surface area contributed by atoms with Crippen molar-refractivity contribution < 1.29 is 19.1 Å². The molecule has 1 aliphatic heterocycles. The maximum atomic E-state index is 12.2.